The van der Waals surface area contributed by atoms with Crippen LogP contribution in [0, 0.1) is 0 Å². The van der Waals surface area contributed by atoms with E-state index in [-0.39, 0.29) is 0 Å². The summed E-state index contributed by atoms with van der Waals surface area (Å²) in [4.78, 5) is 0. The van der Waals surface area contributed by atoms with Crippen molar-refractivity contribution in [1.29, 1.82) is 0 Å². The van der Waals surface area contributed by atoms with Gasteiger partial charge < -0.3 is 4.52 Å². The van der Waals surface area contributed by atoms with E-state index in [9.17, 15) is 0 Å². The maximum absolute atomic E-state index is 6.50. The molecule has 4 heteroatoms. The van der Waals surface area contributed by atoms with E-state index in [1.54, 1.807) is 0 Å². The lowest BCUT2D eigenvalue weighted by atomic mass is 9.98. The van der Waals surface area contributed by atoms with Crippen LogP contribution >= 0.6 is 8.45 Å². The summed E-state index contributed by atoms with van der Waals surface area (Å²) in [5.74, 6) is 0. The molecule has 0 unspecified atom stereocenters. The van der Waals surface area contributed by atoms with Crippen LogP contribution in [-0.4, -0.2) is 41.6 Å². The predicted octanol–water partition coefficient (Wildman–Crippen LogP) is 4.25. The first-order valence-electron chi connectivity index (χ1n) is 7.73. The third kappa shape index (κ3) is 4.77. The van der Waals surface area contributed by atoms with Gasteiger partial charge in [-0.15, -0.1) is 0 Å². The first-order valence-corrected chi connectivity index (χ1v) is 8.89. The highest BCUT2D eigenvalue weighted by atomic mass is 31.2. The highest BCUT2D eigenvalue weighted by Gasteiger charge is 2.27. The topological polar surface area (TPSA) is 15.7 Å². The highest BCUT2D eigenvalue weighted by molar-refractivity contribution is 7.47. The van der Waals surface area contributed by atoms with Gasteiger partial charge >= 0.3 is 0 Å². The first-order chi connectivity index (χ1) is 8.76. The normalized spacial score (nSPS) is 18.2. The van der Waals surface area contributed by atoms with Gasteiger partial charge in [0, 0.05) is 26.2 Å². The van der Waals surface area contributed by atoms with Crippen LogP contribution in [0.2, 0.25) is 0 Å². The van der Waals surface area contributed by atoms with Gasteiger partial charge in [-0.25, -0.2) is 9.34 Å². The monoisotopic (exact) mass is 274 g/mol. The number of rotatable bonds is 8. The van der Waals surface area contributed by atoms with Gasteiger partial charge in [0.1, 0.15) is 0 Å². The van der Waals surface area contributed by atoms with E-state index >= 15 is 0 Å². The molecule has 1 aliphatic carbocycles. The van der Waals surface area contributed by atoms with Crippen molar-refractivity contribution in [3.05, 3.63) is 0 Å². The molecule has 0 aromatic rings. The van der Waals surface area contributed by atoms with Gasteiger partial charge in [0.05, 0.1) is 6.10 Å². The Morgan fingerprint density at radius 1 is 0.833 bits per heavy atom. The van der Waals surface area contributed by atoms with Crippen LogP contribution < -0.4 is 0 Å². The third-order valence-corrected chi connectivity index (χ3v) is 6.33. The zero-order valence-corrected chi connectivity index (χ0v) is 13.6. The molecule has 1 aliphatic rings. The Morgan fingerprint density at radius 2 is 1.28 bits per heavy atom. The molecule has 0 amide bonds. The van der Waals surface area contributed by atoms with E-state index in [0.717, 1.165) is 26.2 Å². The van der Waals surface area contributed by atoms with Crippen LogP contribution in [0.4, 0.5) is 0 Å². The van der Waals surface area contributed by atoms with E-state index in [2.05, 4.69) is 37.0 Å². The number of hydrogen-bond donors (Lipinski definition) is 0. The largest absolute Gasteiger partial charge is 0.328 e. The Hall–Kier alpha value is 0.310. The Kier molecular flexibility index (Phi) is 8.41. The zero-order chi connectivity index (χ0) is 13.4. The van der Waals surface area contributed by atoms with Crippen molar-refractivity contribution in [1.82, 2.24) is 9.34 Å². The molecule has 0 spiro atoms. The Balaban J connectivity index is 2.62. The molecule has 0 N–H and O–H groups in total. The summed E-state index contributed by atoms with van der Waals surface area (Å²) >= 11 is 0. The van der Waals surface area contributed by atoms with Crippen molar-refractivity contribution in [3.8, 4) is 0 Å². The van der Waals surface area contributed by atoms with Gasteiger partial charge in [-0.1, -0.05) is 47.0 Å². The summed E-state index contributed by atoms with van der Waals surface area (Å²) in [5, 5.41) is 0. The average molecular weight is 274 g/mol. The molecule has 108 valence electrons. The highest BCUT2D eigenvalue weighted by Crippen LogP contribution is 2.47. The van der Waals surface area contributed by atoms with Crippen LogP contribution in [0.1, 0.15) is 59.8 Å². The second-order valence-corrected chi connectivity index (χ2v) is 6.74. The molecule has 0 aromatic heterocycles. The second-order valence-electron chi connectivity index (χ2n) is 4.90. The summed E-state index contributed by atoms with van der Waals surface area (Å²) in [6.07, 6.45) is 7.14. The van der Waals surface area contributed by atoms with Crippen molar-refractivity contribution in [2.45, 2.75) is 65.9 Å². The summed E-state index contributed by atoms with van der Waals surface area (Å²) < 4.78 is 11.5. The fourth-order valence-corrected chi connectivity index (χ4v) is 4.62. The van der Waals surface area contributed by atoms with Crippen LogP contribution in [0.5, 0.6) is 0 Å². The smallest absolute Gasteiger partial charge is 0.188 e. The van der Waals surface area contributed by atoms with E-state index in [1.807, 2.05) is 0 Å². The van der Waals surface area contributed by atoms with Gasteiger partial charge in [0.25, 0.3) is 0 Å². The maximum atomic E-state index is 6.50. The van der Waals surface area contributed by atoms with Crippen LogP contribution in [-0.2, 0) is 4.52 Å². The molecule has 1 saturated carbocycles. The van der Waals surface area contributed by atoms with Gasteiger partial charge in [-0.3, -0.25) is 0 Å². The minimum Gasteiger partial charge on any atom is -0.328 e. The minimum absolute atomic E-state index is 0.506. The minimum atomic E-state index is -0.544. The standard InChI is InChI=1S/C14H31N2OP/c1-5-15(6-2)18(16(7-3)8-4)17-14-12-10-9-11-13-14/h14H,5-13H2,1-4H3. The van der Waals surface area contributed by atoms with Crippen molar-refractivity contribution in [3.63, 3.8) is 0 Å². The molecule has 0 saturated heterocycles. The van der Waals surface area contributed by atoms with E-state index in [4.69, 9.17) is 4.52 Å². The van der Waals surface area contributed by atoms with E-state index < -0.39 is 8.45 Å². The summed E-state index contributed by atoms with van der Waals surface area (Å²) in [7, 11) is -0.544. The molecule has 3 nitrogen and oxygen atoms in total. The fraction of sp³-hybridized carbons (Fsp3) is 1.00. The molecule has 0 radical (unpaired) electrons. The van der Waals surface area contributed by atoms with Crippen LogP contribution in [0.3, 0.4) is 0 Å². The molecule has 0 heterocycles. The van der Waals surface area contributed by atoms with Crippen molar-refractivity contribution >= 4 is 8.45 Å². The molecule has 0 aromatic carbocycles. The summed E-state index contributed by atoms with van der Waals surface area (Å²) in [6.45, 7) is 13.3. The summed E-state index contributed by atoms with van der Waals surface area (Å²) in [5.41, 5.74) is 0. The lowest BCUT2D eigenvalue weighted by Crippen LogP contribution is -2.32. The lowest BCUT2D eigenvalue weighted by Gasteiger charge is -2.39. The molecule has 0 atom stereocenters. The lowest BCUT2D eigenvalue weighted by molar-refractivity contribution is 0.143. The van der Waals surface area contributed by atoms with E-state index in [0.29, 0.717) is 6.10 Å². The van der Waals surface area contributed by atoms with Crippen molar-refractivity contribution < 1.29 is 4.52 Å². The summed E-state index contributed by atoms with van der Waals surface area (Å²) in [6, 6.07) is 0. The molecule has 1 fully saturated rings. The maximum Gasteiger partial charge on any atom is 0.188 e. The fourth-order valence-electron chi connectivity index (χ4n) is 2.55. The average Bonchev–Trinajstić information content (AvgIpc) is 2.42. The van der Waals surface area contributed by atoms with Gasteiger partial charge in [-0.2, -0.15) is 0 Å². The number of hydrogen-bond acceptors (Lipinski definition) is 3. The van der Waals surface area contributed by atoms with Crippen LogP contribution in [0.15, 0.2) is 0 Å². The molecule has 18 heavy (non-hydrogen) atoms. The van der Waals surface area contributed by atoms with Crippen molar-refractivity contribution in [2.24, 2.45) is 0 Å². The second kappa shape index (κ2) is 9.25. The van der Waals surface area contributed by atoms with E-state index in [1.165, 1.54) is 32.1 Å². The SMILES string of the molecule is CCN(CC)P(OC1CCCCC1)N(CC)CC. The predicted molar refractivity (Wildman–Crippen MR) is 80.7 cm³/mol. The zero-order valence-electron chi connectivity index (χ0n) is 12.7. The molecule has 1 rings (SSSR count). The Bertz CT molecular complexity index is 190. The third-order valence-electron chi connectivity index (χ3n) is 3.74. The van der Waals surface area contributed by atoms with Crippen molar-refractivity contribution in [2.75, 3.05) is 26.2 Å². The Labute approximate surface area is 115 Å². The quantitative estimate of drug-likeness (QED) is 0.615. The van der Waals surface area contributed by atoms with Gasteiger partial charge in [0.2, 0.25) is 0 Å². The number of nitrogens with zero attached hydrogens (tertiary/aromatic N) is 2. The Morgan fingerprint density at radius 3 is 1.67 bits per heavy atom. The molecular weight excluding hydrogens is 243 g/mol. The van der Waals surface area contributed by atoms with Gasteiger partial charge in [0.15, 0.2) is 8.45 Å². The molecule has 0 bridgehead atoms. The van der Waals surface area contributed by atoms with Crippen LogP contribution in [0.25, 0.3) is 0 Å². The first kappa shape index (κ1) is 16.4. The molecule has 0 aliphatic heterocycles. The van der Waals surface area contributed by atoms with Gasteiger partial charge in [-0.05, 0) is 12.8 Å². The molecular formula is C14H31N2OP.